The lowest BCUT2D eigenvalue weighted by Gasteiger charge is -2.33. The summed E-state index contributed by atoms with van der Waals surface area (Å²) in [5.41, 5.74) is 0. The summed E-state index contributed by atoms with van der Waals surface area (Å²) in [4.78, 5) is 29.1. The highest BCUT2D eigenvalue weighted by atomic mass is 32.2. The minimum absolute atomic E-state index is 0.0217. The Labute approximate surface area is 166 Å². The predicted molar refractivity (Wildman–Crippen MR) is 106 cm³/mol. The number of hydrogen-bond donors (Lipinski definition) is 0. The van der Waals surface area contributed by atoms with Gasteiger partial charge in [-0.3, -0.25) is 9.59 Å². The van der Waals surface area contributed by atoms with Crippen molar-refractivity contribution in [3.05, 3.63) is 17.0 Å². The van der Waals surface area contributed by atoms with Gasteiger partial charge in [-0.15, -0.1) is 11.3 Å². The number of amides is 2. The monoisotopic (exact) mass is 415 g/mol. The lowest BCUT2D eigenvalue weighted by Crippen LogP contribution is -2.48. The Morgan fingerprint density at radius 3 is 2.48 bits per heavy atom. The van der Waals surface area contributed by atoms with Crippen LogP contribution in [0.3, 0.4) is 0 Å². The molecule has 1 saturated heterocycles. The van der Waals surface area contributed by atoms with Crippen LogP contribution in [0.25, 0.3) is 0 Å². The lowest BCUT2D eigenvalue weighted by molar-refractivity contribution is -0.142. The van der Waals surface area contributed by atoms with Gasteiger partial charge < -0.3 is 9.80 Å². The van der Waals surface area contributed by atoms with E-state index in [0.717, 1.165) is 4.88 Å². The van der Waals surface area contributed by atoms with Crippen molar-refractivity contribution in [1.82, 2.24) is 14.1 Å². The number of rotatable bonds is 7. The summed E-state index contributed by atoms with van der Waals surface area (Å²) in [6.45, 7) is 7.49. The van der Waals surface area contributed by atoms with Crippen LogP contribution >= 0.6 is 11.3 Å². The molecule has 1 fully saturated rings. The van der Waals surface area contributed by atoms with Crippen LogP contribution < -0.4 is 0 Å². The van der Waals surface area contributed by atoms with Crippen LogP contribution in [-0.4, -0.2) is 74.1 Å². The van der Waals surface area contributed by atoms with Crippen LogP contribution in [-0.2, 0) is 19.6 Å². The lowest BCUT2D eigenvalue weighted by atomic mass is 9.98. The first-order valence-electron chi connectivity index (χ1n) is 9.30. The molecular weight excluding hydrogens is 386 g/mol. The molecule has 0 aliphatic carbocycles. The number of carbonyl (C=O) groups is 2. The summed E-state index contributed by atoms with van der Waals surface area (Å²) < 4.78 is 27.4. The van der Waals surface area contributed by atoms with Crippen LogP contribution in [0.5, 0.6) is 0 Å². The molecule has 0 aromatic carbocycles. The molecule has 0 saturated carbocycles. The number of hydrogen-bond acceptors (Lipinski definition) is 5. The van der Waals surface area contributed by atoms with Crippen molar-refractivity contribution in [2.24, 2.45) is 5.92 Å². The molecule has 2 amide bonds. The highest BCUT2D eigenvalue weighted by Gasteiger charge is 2.35. The Kier molecular flexibility index (Phi) is 7.41. The fourth-order valence-electron chi connectivity index (χ4n) is 3.31. The first-order chi connectivity index (χ1) is 12.7. The zero-order valence-electron chi connectivity index (χ0n) is 16.5. The molecule has 1 aromatic heterocycles. The van der Waals surface area contributed by atoms with Gasteiger partial charge in [0.05, 0.1) is 12.5 Å². The molecule has 2 rings (SSSR count). The van der Waals surface area contributed by atoms with E-state index in [1.807, 2.05) is 20.8 Å². The second kappa shape index (κ2) is 9.16. The van der Waals surface area contributed by atoms with Gasteiger partial charge >= 0.3 is 0 Å². The van der Waals surface area contributed by atoms with Crippen molar-refractivity contribution < 1.29 is 18.0 Å². The Hall–Kier alpha value is -1.45. The fraction of sp³-hybridized carbons (Fsp3) is 0.667. The minimum atomic E-state index is -3.57. The van der Waals surface area contributed by atoms with Crippen molar-refractivity contribution in [3.63, 3.8) is 0 Å². The minimum Gasteiger partial charge on any atom is -0.342 e. The summed E-state index contributed by atoms with van der Waals surface area (Å²) >= 11 is 1.25. The number of piperidine rings is 1. The number of nitrogens with zero attached hydrogens (tertiary/aromatic N) is 3. The molecule has 0 bridgehead atoms. The van der Waals surface area contributed by atoms with Crippen molar-refractivity contribution >= 4 is 33.2 Å². The average molecular weight is 416 g/mol. The van der Waals surface area contributed by atoms with Crippen molar-refractivity contribution in [3.8, 4) is 0 Å². The maximum Gasteiger partial charge on any atom is 0.252 e. The van der Waals surface area contributed by atoms with Crippen LogP contribution in [0, 0.1) is 12.8 Å². The Balaban J connectivity index is 2.04. The Morgan fingerprint density at radius 1 is 1.26 bits per heavy atom. The number of thiophene rings is 1. The van der Waals surface area contributed by atoms with Crippen LogP contribution in [0.1, 0.15) is 31.6 Å². The fourth-order valence-corrected chi connectivity index (χ4v) is 6.27. The number of carbonyl (C=O) groups excluding carboxylic acids is 2. The van der Waals surface area contributed by atoms with Gasteiger partial charge in [0.2, 0.25) is 11.8 Å². The molecule has 0 spiro atoms. The van der Waals surface area contributed by atoms with Crippen molar-refractivity contribution in [1.29, 1.82) is 0 Å². The quantitative estimate of drug-likeness (QED) is 0.680. The zero-order valence-corrected chi connectivity index (χ0v) is 18.1. The van der Waals surface area contributed by atoms with Gasteiger partial charge in [0.15, 0.2) is 0 Å². The third-order valence-electron chi connectivity index (χ3n) is 4.91. The zero-order chi connectivity index (χ0) is 20.2. The number of sulfonamides is 1. The van der Waals surface area contributed by atoms with Crippen molar-refractivity contribution in [2.75, 3.05) is 39.8 Å². The molecule has 0 radical (unpaired) electrons. The molecule has 9 heteroatoms. The Bertz CT molecular complexity index is 771. The van der Waals surface area contributed by atoms with Crippen LogP contribution in [0.2, 0.25) is 0 Å². The predicted octanol–water partition coefficient (Wildman–Crippen LogP) is 1.78. The normalized spacial score (nSPS) is 18.3. The molecule has 1 aromatic rings. The molecule has 152 valence electrons. The van der Waals surface area contributed by atoms with E-state index in [4.69, 9.17) is 0 Å². The van der Waals surface area contributed by atoms with Gasteiger partial charge in [-0.05, 0) is 45.7 Å². The van der Waals surface area contributed by atoms with E-state index in [1.165, 1.54) is 20.5 Å². The van der Waals surface area contributed by atoms with Gasteiger partial charge in [0.25, 0.3) is 10.0 Å². The second-order valence-electron chi connectivity index (χ2n) is 6.83. The van der Waals surface area contributed by atoms with E-state index < -0.39 is 15.9 Å². The Morgan fingerprint density at radius 2 is 1.93 bits per heavy atom. The molecule has 1 atom stereocenters. The SMILES string of the molecule is CCN(CC)C(=O)CN(C)C(=O)C1CCCN(S(=O)(=O)c2ccc(C)s2)C1. The first-order valence-corrected chi connectivity index (χ1v) is 11.6. The van der Waals surface area contributed by atoms with E-state index in [0.29, 0.717) is 36.7 Å². The van der Waals surface area contributed by atoms with E-state index in [-0.39, 0.29) is 24.9 Å². The summed E-state index contributed by atoms with van der Waals surface area (Å²) in [7, 11) is -1.96. The smallest absolute Gasteiger partial charge is 0.252 e. The third-order valence-corrected chi connectivity index (χ3v) is 8.24. The van der Waals surface area contributed by atoms with Crippen molar-refractivity contribution in [2.45, 2.75) is 37.8 Å². The summed E-state index contributed by atoms with van der Waals surface area (Å²) in [6.07, 6.45) is 1.27. The first kappa shape index (κ1) is 21.8. The second-order valence-corrected chi connectivity index (χ2v) is 10.3. The van der Waals surface area contributed by atoms with E-state index in [2.05, 4.69) is 0 Å². The van der Waals surface area contributed by atoms with Crippen LogP contribution in [0.4, 0.5) is 0 Å². The summed E-state index contributed by atoms with van der Waals surface area (Å²) in [6, 6.07) is 3.41. The summed E-state index contributed by atoms with van der Waals surface area (Å²) in [5.74, 6) is -0.674. The molecule has 2 heterocycles. The number of likely N-dealkylation sites (N-methyl/N-ethyl adjacent to an activating group) is 2. The number of aryl methyl sites for hydroxylation is 1. The maximum atomic E-state index is 12.8. The highest BCUT2D eigenvalue weighted by molar-refractivity contribution is 7.91. The molecular formula is C18H29N3O4S2. The molecule has 0 N–H and O–H groups in total. The third kappa shape index (κ3) is 5.08. The van der Waals surface area contributed by atoms with E-state index in [1.54, 1.807) is 24.1 Å². The summed E-state index contributed by atoms with van der Waals surface area (Å²) in [5, 5.41) is 0. The standard InChI is InChI=1S/C18H29N3O4S2/c1-5-20(6-2)16(22)13-19(4)18(23)15-8-7-11-21(12-15)27(24,25)17-10-9-14(3)26-17/h9-10,15H,5-8,11-13H2,1-4H3. The van der Waals surface area contributed by atoms with Gasteiger partial charge in [0, 0.05) is 38.1 Å². The average Bonchev–Trinajstić information content (AvgIpc) is 3.09. The maximum absolute atomic E-state index is 12.8. The largest absolute Gasteiger partial charge is 0.342 e. The van der Waals surface area contributed by atoms with Gasteiger partial charge in [-0.25, -0.2) is 8.42 Å². The topological polar surface area (TPSA) is 78.0 Å². The van der Waals surface area contributed by atoms with Gasteiger partial charge in [0.1, 0.15) is 4.21 Å². The van der Waals surface area contributed by atoms with E-state index >= 15 is 0 Å². The molecule has 7 nitrogen and oxygen atoms in total. The van der Waals surface area contributed by atoms with Crippen LogP contribution in [0.15, 0.2) is 16.3 Å². The molecule has 27 heavy (non-hydrogen) atoms. The van der Waals surface area contributed by atoms with Gasteiger partial charge in [-0.2, -0.15) is 4.31 Å². The van der Waals surface area contributed by atoms with E-state index in [9.17, 15) is 18.0 Å². The molecule has 1 aliphatic heterocycles. The molecule has 1 aliphatic rings. The van der Waals surface area contributed by atoms with Gasteiger partial charge in [-0.1, -0.05) is 0 Å². The highest BCUT2D eigenvalue weighted by Crippen LogP contribution is 2.28. The molecule has 1 unspecified atom stereocenters.